The molecule has 0 aromatic heterocycles. The van der Waals surface area contributed by atoms with Crippen molar-refractivity contribution in [2.75, 3.05) is 12.3 Å². The number of rotatable bonds is 11. The zero-order valence-electron chi connectivity index (χ0n) is 12.9. The number of carboxylic acid groups (broad SMARTS) is 2. The maximum atomic E-state index is 11.8. The third kappa shape index (κ3) is 10.2. The summed E-state index contributed by atoms with van der Waals surface area (Å²) in [5.74, 6) is -3.37. The van der Waals surface area contributed by atoms with Gasteiger partial charge in [0.05, 0.1) is 0 Å². The Labute approximate surface area is 144 Å². The number of hydrogen-bond acceptors (Lipinski definition) is 6. The molecule has 5 N–H and O–H groups in total. The Morgan fingerprint density at radius 2 is 1.74 bits per heavy atom. The average molecular weight is 411 g/mol. The van der Waals surface area contributed by atoms with E-state index in [1.807, 2.05) is 11.4 Å². The number of nitrogens with one attached hydrogen (secondary N) is 3. The second-order valence-corrected chi connectivity index (χ2v) is 9.53. The van der Waals surface area contributed by atoms with Crippen LogP contribution in [0.3, 0.4) is 0 Å². The number of thiol groups is 1. The molecule has 0 heterocycles. The van der Waals surface area contributed by atoms with Crippen LogP contribution in [-0.2, 0) is 19.2 Å². The van der Waals surface area contributed by atoms with Crippen molar-refractivity contribution in [1.29, 1.82) is 0 Å². The standard InChI is InChI=1S/C12H22AsN3O6S/c1-13(2)16-7(12(21)22)3-4-9(17)15-8(6-23)11(20)14-5-10(18)19/h7-8,16,23H,3-6H2,1-2H3,(H,14,20)(H,15,17)(H,18,19)(H,21,22). The van der Waals surface area contributed by atoms with Gasteiger partial charge in [-0.1, -0.05) is 0 Å². The maximum absolute atomic E-state index is 11.8. The van der Waals surface area contributed by atoms with Gasteiger partial charge >= 0.3 is 144 Å². The Kier molecular flexibility index (Phi) is 10.7. The monoisotopic (exact) mass is 411 g/mol. The van der Waals surface area contributed by atoms with Gasteiger partial charge in [-0.25, -0.2) is 0 Å². The molecule has 0 aliphatic rings. The Hall–Kier alpha value is -1.25. The molecule has 132 valence electrons. The quantitative estimate of drug-likeness (QED) is 0.183. The van der Waals surface area contributed by atoms with Gasteiger partial charge in [-0.15, -0.1) is 0 Å². The van der Waals surface area contributed by atoms with Crippen LogP contribution < -0.4 is 14.9 Å². The Morgan fingerprint density at radius 1 is 1.13 bits per heavy atom. The summed E-state index contributed by atoms with van der Waals surface area (Å²) >= 11 is 2.56. The zero-order valence-corrected chi connectivity index (χ0v) is 15.7. The second kappa shape index (κ2) is 11.3. The van der Waals surface area contributed by atoms with Crippen molar-refractivity contribution >= 4 is 51.3 Å². The van der Waals surface area contributed by atoms with E-state index in [1.165, 1.54) is 0 Å². The molecule has 2 unspecified atom stereocenters. The summed E-state index contributed by atoms with van der Waals surface area (Å²) in [7, 11) is 0. The van der Waals surface area contributed by atoms with Crippen LogP contribution in [0.25, 0.3) is 0 Å². The van der Waals surface area contributed by atoms with Gasteiger partial charge in [0.2, 0.25) is 0 Å². The molecule has 23 heavy (non-hydrogen) atoms. The molecule has 0 aliphatic heterocycles. The molecule has 0 saturated carbocycles. The molecule has 0 aromatic carbocycles. The van der Waals surface area contributed by atoms with Crippen molar-refractivity contribution in [2.45, 2.75) is 36.3 Å². The topological polar surface area (TPSA) is 145 Å². The summed E-state index contributed by atoms with van der Waals surface area (Å²) in [4.78, 5) is 45.0. The number of carbonyl (C=O) groups is 4. The number of carboxylic acids is 2. The van der Waals surface area contributed by atoms with E-state index < -0.39 is 57.3 Å². The van der Waals surface area contributed by atoms with Crippen molar-refractivity contribution in [3.8, 4) is 0 Å². The first-order valence-corrected chi connectivity index (χ1v) is 12.1. The summed E-state index contributed by atoms with van der Waals surface area (Å²) < 4.78 is 2.96. The fourth-order valence-electron chi connectivity index (χ4n) is 1.58. The van der Waals surface area contributed by atoms with Gasteiger partial charge in [0.1, 0.15) is 0 Å². The zero-order chi connectivity index (χ0) is 18.0. The molecule has 0 saturated heterocycles. The van der Waals surface area contributed by atoms with Gasteiger partial charge in [-0.2, -0.15) is 0 Å². The van der Waals surface area contributed by atoms with Crippen LogP contribution in [0.2, 0.25) is 11.4 Å². The first-order chi connectivity index (χ1) is 10.7. The minimum atomic E-state index is -1.38. The Balaban J connectivity index is 4.40. The number of carbonyl (C=O) groups excluding carboxylic acids is 2. The third-order valence-corrected chi connectivity index (χ3v) is 4.72. The molecule has 11 heteroatoms. The SMILES string of the molecule is C[As](C)NC(CCC(=O)NC(CS)C(=O)NCC(=O)O)C(=O)O. The van der Waals surface area contributed by atoms with Crippen molar-refractivity contribution < 1.29 is 29.4 Å². The number of hydrogen-bond donors (Lipinski definition) is 6. The minimum absolute atomic E-state index is 0.00292. The molecule has 0 aliphatic carbocycles. The summed E-state index contributed by atoms with van der Waals surface area (Å²) in [6.45, 7) is -0.552. The molecule has 0 rings (SSSR count). The van der Waals surface area contributed by atoms with Crippen LogP contribution in [0.4, 0.5) is 0 Å². The fourth-order valence-corrected chi connectivity index (χ4v) is 3.64. The predicted molar refractivity (Wildman–Crippen MR) is 87.7 cm³/mol. The Morgan fingerprint density at radius 3 is 2.17 bits per heavy atom. The molecule has 2 atom stereocenters. The van der Waals surface area contributed by atoms with Gasteiger partial charge in [0.15, 0.2) is 0 Å². The van der Waals surface area contributed by atoms with E-state index in [-0.39, 0.29) is 18.6 Å². The summed E-state index contributed by atoms with van der Waals surface area (Å²) in [6.07, 6.45) is 0.0346. The van der Waals surface area contributed by atoms with Crippen LogP contribution >= 0.6 is 12.6 Å². The van der Waals surface area contributed by atoms with Gasteiger partial charge in [-0.05, 0) is 0 Å². The van der Waals surface area contributed by atoms with E-state index in [2.05, 4.69) is 27.5 Å². The molecule has 0 fully saturated rings. The summed E-state index contributed by atoms with van der Waals surface area (Å²) in [6, 6.07) is -1.77. The first kappa shape index (κ1) is 21.7. The van der Waals surface area contributed by atoms with Gasteiger partial charge in [-0.3, -0.25) is 0 Å². The molecule has 0 radical (unpaired) electrons. The van der Waals surface area contributed by atoms with E-state index >= 15 is 0 Å². The van der Waals surface area contributed by atoms with E-state index in [0.29, 0.717) is 0 Å². The molecule has 0 aromatic rings. The van der Waals surface area contributed by atoms with E-state index in [4.69, 9.17) is 10.2 Å². The number of aliphatic carboxylic acids is 2. The van der Waals surface area contributed by atoms with Gasteiger partial charge < -0.3 is 0 Å². The second-order valence-electron chi connectivity index (χ2n) is 4.87. The molecule has 0 spiro atoms. The van der Waals surface area contributed by atoms with Crippen LogP contribution in [-0.4, -0.2) is 73.2 Å². The van der Waals surface area contributed by atoms with Gasteiger partial charge in [0, 0.05) is 0 Å². The van der Waals surface area contributed by atoms with Crippen molar-refractivity contribution in [3.63, 3.8) is 0 Å². The normalized spacial score (nSPS) is 13.2. The average Bonchev–Trinajstić information content (AvgIpc) is 2.45. The first-order valence-electron chi connectivity index (χ1n) is 6.73. The molecular formula is C12H22AsN3O6S. The summed E-state index contributed by atoms with van der Waals surface area (Å²) in [5.41, 5.74) is 3.87. The molecule has 9 nitrogen and oxygen atoms in total. The van der Waals surface area contributed by atoms with Crippen LogP contribution in [0, 0.1) is 0 Å². The van der Waals surface area contributed by atoms with Gasteiger partial charge in [0.25, 0.3) is 0 Å². The predicted octanol–water partition coefficient (Wildman–Crippen LogP) is -1.32. The van der Waals surface area contributed by atoms with Crippen LogP contribution in [0.5, 0.6) is 0 Å². The van der Waals surface area contributed by atoms with Crippen LogP contribution in [0.1, 0.15) is 12.8 Å². The fraction of sp³-hybridized carbons (Fsp3) is 0.667. The third-order valence-electron chi connectivity index (χ3n) is 2.62. The molecular weight excluding hydrogens is 389 g/mol. The Bertz CT molecular complexity index is 449. The van der Waals surface area contributed by atoms with E-state index in [0.717, 1.165) is 0 Å². The molecule has 2 amide bonds. The van der Waals surface area contributed by atoms with Crippen LogP contribution in [0.15, 0.2) is 0 Å². The van der Waals surface area contributed by atoms with Crippen molar-refractivity contribution in [2.24, 2.45) is 0 Å². The van der Waals surface area contributed by atoms with Crippen molar-refractivity contribution in [3.05, 3.63) is 0 Å². The van der Waals surface area contributed by atoms with Crippen molar-refractivity contribution in [1.82, 2.24) is 14.9 Å². The molecule has 0 bridgehead atoms. The number of amides is 2. The van der Waals surface area contributed by atoms with E-state index in [9.17, 15) is 19.2 Å². The van der Waals surface area contributed by atoms with E-state index in [1.54, 1.807) is 0 Å². The summed E-state index contributed by atoms with van der Waals surface area (Å²) in [5, 5.41) is 22.1.